The van der Waals surface area contributed by atoms with Gasteiger partial charge in [-0.25, -0.2) is 4.39 Å². The summed E-state index contributed by atoms with van der Waals surface area (Å²) < 4.78 is 14.4. The fourth-order valence-electron chi connectivity index (χ4n) is 3.55. The van der Waals surface area contributed by atoms with Gasteiger partial charge in [0.15, 0.2) is 0 Å². The van der Waals surface area contributed by atoms with E-state index in [9.17, 15) is 14.0 Å². The van der Waals surface area contributed by atoms with Gasteiger partial charge in [-0.15, -0.1) is 10.2 Å². The van der Waals surface area contributed by atoms with Crippen molar-refractivity contribution in [1.82, 2.24) is 15.1 Å². The summed E-state index contributed by atoms with van der Waals surface area (Å²) in [7, 11) is 0. The van der Waals surface area contributed by atoms with Gasteiger partial charge in [0.1, 0.15) is 10.8 Å². The molecule has 0 fully saturated rings. The lowest BCUT2D eigenvalue weighted by Crippen LogP contribution is -2.36. The zero-order valence-corrected chi connectivity index (χ0v) is 19.3. The predicted molar refractivity (Wildman–Crippen MR) is 131 cm³/mol. The number of hydrogen-bond donors (Lipinski definition) is 1. The molecule has 0 saturated carbocycles. The number of benzene rings is 3. The largest absolute Gasteiger partial charge is 0.331 e. The number of hydrogen-bond acceptors (Lipinski definition) is 5. The summed E-state index contributed by atoms with van der Waals surface area (Å²) in [5.41, 5.74) is 1.78. The van der Waals surface area contributed by atoms with E-state index in [0.717, 1.165) is 11.1 Å². The van der Waals surface area contributed by atoms with Crippen LogP contribution < -0.4 is 5.32 Å². The Morgan fingerprint density at radius 2 is 1.59 bits per heavy atom. The number of amides is 2. The lowest BCUT2D eigenvalue weighted by Gasteiger charge is -2.30. The number of carbonyl (C=O) groups excluding carboxylic acids is 2. The summed E-state index contributed by atoms with van der Waals surface area (Å²) in [5, 5.41) is 12.0. The molecule has 4 rings (SSSR count). The van der Waals surface area contributed by atoms with Crippen molar-refractivity contribution in [1.29, 1.82) is 0 Å². The minimum absolute atomic E-state index is 0.0254. The first kappa shape index (κ1) is 23.3. The first-order valence-corrected chi connectivity index (χ1v) is 11.6. The molecular formula is C26H23FN4O2S. The normalized spacial score (nSPS) is 11.6. The number of aromatic nitrogens is 2. The lowest BCUT2D eigenvalue weighted by atomic mass is 10.0. The number of rotatable bonds is 8. The second-order valence-electron chi connectivity index (χ2n) is 7.64. The van der Waals surface area contributed by atoms with Crippen LogP contribution in [0.15, 0.2) is 84.9 Å². The Morgan fingerprint density at radius 1 is 0.941 bits per heavy atom. The zero-order valence-electron chi connectivity index (χ0n) is 18.5. The molecule has 2 amide bonds. The number of nitrogens with zero attached hydrogens (tertiary/aromatic N) is 3. The number of carbonyl (C=O) groups is 2. The molecule has 0 radical (unpaired) electrons. The van der Waals surface area contributed by atoms with Crippen molar-refractivity contribution in [3.8, 4) is 10.6 Å². The third kappa shape index (κ3) is 5.52. The Kier molecular flexibility index (Phi) is 7.39. The highest BCUT2D eigenvalue weighted by atomic mass is 32.1. The predicted octanol–water partition coefficient (Wildman–Crippen LogP) is 5.58. The molecule has 1 N–H and O–H groups in total. The van der Waals surface area contributed by atoms with Crippen molar-refractivity contribution >= 4 is 28.3 Å². The zero-order chi connectivity index (χ0) is 23.9. The van der Waals surface area contributed by atoms with Crippen molar-refractivity contribution in [3.63, 3.8) is 0 Å². The van der Waals surface area contributed by atoms with Gasteiger partial charge in [0, 0.05) is 18.5 Å². The van der Waals surface area contributed by atoms with E-state index in [1.54, 1.807) is 6.07 Å². The lowest BCUT2D eigenvalue weighted by molar-refractivity contribution is -0.116. The average Bonchev–Trinajstić information content (AvgIpc) is 3.33. The van der Waals surface area contributed by atoms with Crippen LogP contribution in [0.5, 0.6) is 0 Å². The van der Waals surface area contributed by atoms with E-state index < -0.39 is 11.7 Å². The molecule has 8 heteroatoms. The highest BCUT2D eigenvalue weighted by Crippen LogP contribution is 2.27. The van der Waals surface area contributed by atoms with Gasteiger partial charge in [0.05, 0.1) is 11.6 Å². The highest BCUT2D eigenvalue weighted by molar-refractivity contribution is 7.18. The summed E-state index contributed by atoms with van der Waals surface area (Å²) in [6, 6.07) is 24.5. The fraction of sp³-hybridized carbons (Fsp3) is 0.154. The molecule has 0 aliphatic rings. The third-order valence-corrected chi connectivity index (χ3v) is 6.27. The monoisotopic (exact) mass is 474 g/mol. The molecule has 6 nitrogen and oxygen atoms in total. The summed E-state index contributed by atoms with van der Waals surface area (Å²) >= 11 is 1.27. The van der Waals surface area contributed by atoms with E-state index in [1.165, 1.54) is 34.4 Å². The maximum atomic E-state index is 14.4. The van der Waals surface area contributed by atoms with Crippen LogP contribution in [0.1, 0.15) is 35.3 Å². The molecule has 1 unspecified atom stereocenters. The SMILES string of the molecule is CC(c1ccccc1)N(CCC(=O)Nc1nnc(-c2ccccc2)s1)C(=O)c1ccccc1F. The molecule has 0 aliphatic carbocycles. The van der Waals surface area contributed by atoms with Gasteiger partial charge in [0.2, 0.25) is 11.0 Å². The molecule has 0 bridgehead atoms. The van der Waals surface area contributed by atoms with Crippen LogP contribution >= 0.6 is 11.3 Å². The van der Waals surface area contributed by atoms with Gasteiger partial charge >= 0.3 is 0 Å². The molecular weight excluding hydrogens is 451 g/mol. The number of nitrogens with one attached hydrogen (secondary N) is 1. The van der Waals surface area contributed by atoms with Crippen LogP contribution in [0, 0.1) is 5.82 Å². The Morgan fingerprint density at radius 3 is 2.29 bits per heavy atom. The second-order valence-corrected chi connectivity index (χ2v) is 8.62. The van der Waals surface area contributed by atoms with Gasteiger partial charge in [-0.05, 0) is 24.6 Å². The van der Waals surface area contributed by atoms with Crippen molar-refractivity contribution in [2.45, 2.75) is 19.4 Å². The molecule has 3 aromatic carbocycles. The molecule has 4 aromatic rings. The minimum Gasteiger partial charge on any atom is -0.331 e. The maximum absolute atomic E-state index is 14.4. The molecule has 172 valence electrons. The first-order valence-electron chi connectivity index (χ1n) is 10.8. The summed E-state index contributed by atoms with van der Waals surface area (Å²) in [4.78, 5) is 27.4. The highest BCUT2D eigenvalue weighted by Gasteiger charge is 2.25. The van der Waals surface area contributed by atoms with Crippen molar-refractivity contribution < 1.29 is 14.0 Å². The number of halogens is 1. The van der Waals surface area contributed by atoms with Gasteiger partial charge in [-0.3, -0.25) is 9.59 Å². The van der Waals surface area contributed by atoms with Crippen LogP contribution in [0.2, 0.25) is 0 Å². The topological polar surface area (TPSA) is 75.2 Å². The van der Waals surface area contributed by atoms with Crippen LogP contribution in [0.4, 0.5) is 9.52 Å². The quantitative estimate of drug-likeness (QED) is 0.362. The van der Waals surface area contributed by atoms with Crippen LogP contribution in [0.25, 0.3) is 10.6 Å². The molecule has 1 atom stereocenters. The van der Waals surface area contributed by atoms with Crippen molar-refractivity contribution in [2.24, 2.45) is 0 Å². The molecule has 34 heavy (non-hydrogen) atoms. The van der Waals surface area contributed by atoms with E-state index in [4.69, 9.17) is 0 Å². The van der Waals surface area contributed by atoms with E-state index in [-0.39, 0.29) is 30.5 Å². The van der Waals surface area contributed by atoms with Gasteiger partial charge in [0.25, 0.3) is 5.91 Å². The van der Waals surface area contributed by atoms with E-state index >= 15 is 0 Å². The Balaban J connectivity index is 1.47. The van der Waals surface area contributed by atoms with Gasteiger partial charge < -0.3 is 10.2 Å². The summed E-state index contributed by atoms with van der Waals surface area (Å²) in [5.74, 6) is -1.36. The minimum atomic E-state index is -0.593. The van der Waals surface area contributed by atoms with Gasteiger partial charge in [-0.1, -0.05) is 84.1 Å². The Hall–Kier alpha value is -3.91. The van der Waals surface area contributed by atoms with Crippen molar-refractivity contribution in [3.05, 3.63) is 102 Å². The molecule has 0 spiro atoms. The smallest absolute Gasteiger partial charge is 0.257 e. The third-order valence-electron chi connectivity index (χ3n) is 5.39. The van der Waals surface area contributed by atoms with E-state index in [1.807, 2.05) is 67.6 Å². The molecule has 0 saturated heterocycles. The fourth-order valence-corrected chi connectivity index (χ4v) is 4.31. The molecule has 1 heterocycles. The van der Waals surface area contributed by atoms with Crippen LogP contribution in [-0.2, 0) is 4.79 Å². The first-order chi connectivity index (χ1) is 16.5. The standard InChI is InChI=1S/C26H23FN4O2S/c1-18(19-10-4-2-5-11-19)31(25(33)21-14-8-9-15-22(21)27)17-16-23(32)28-26-30-29-24(34-26)20-12-6-3-7-13-20/h2-15,18H,16-17H2,1H3,(H,28,30,32). The summed E-state index contributed by atoms with van der Waals surface area (Å²) in [6.45, 7) is 1.97. The van der Waals surface area contributed by atoms with Crippen LogP contribution in [-0.4, -0.2) is 33.5 Å². The van der Waals surface area contributed by atoms with E-state index in [0.29, 0.717) is 10.1 Å². The van der Waals surface area contributed by atoms with Crippen LogP contribution in [0.3, 0.4) is 0 Å². The summed E-state index contributed by atoms with van der Waals surface area (Å²) in [6.07, 6.45) is 0.0254. The molecule has 1 aromatic heterocycles. The van der Waals surface area contributed by atoms with Crippen molar-refractivity contribution in [2.75, 3.05) is 11.9 Å². The number of anilines is 1. The second kappa shape index (κ2) is 10.8. The van der Waals surface area contributed by atoms with E-state index in [2.05, 4.69) is 15.5 Å². The Bertz CT molecular complexity index is 1260. The van der Waals surface area contributed by atoms with Gasteiger partial charge in [-0.2, -0.15) is 0 Å². The maximum Gasteiger partial charge on any atom is 0.257 e. The average molecular weight is 475 g/mol. The molecule has 0 aliphatic heterocycles. The Labute approximate surface area is 201 Å².